The average Bonchev–Trinajstić information content (AvgIpc) is 2.17. The summed E-state index contributed by atoms with van der Waals surface area (Å²) < 4.78 is 0.912. The van der Waals surface area contributed by atoms with Crippen molar-refractivity contribution in [1.82, 2.24) is 0 Å². The molecule has 0 radical (unpaired) electrons. The minimum atomic E-state index is 0.820. The molecule has 1 nitrogen and oxygen atoms in total. The third-order valence-electron chi connectivity index (χ3n) is 2.85. The van der Waals surface area contributed by atoms with Crippen LogP contribution in [-0.2, 0) is 0 Å². The van der Waals surface area contributed by atoms with Crippen LogP contribution in [-0.4, -0.2) is 10.5 Å². The average molecular weight is 281 g/mol. The van der Waals surface area contributed by atoms with Crippen LogP contribution in [0.15, 0.2) is 0 Å². The Kier molecular flexibility index (Phi) is 5.56. The van der Waals surface area contributed by atoms with Crippen LogP contribution in [0.4, 0.5) is 0 Å². The van der Waals surface area contributed by atoms with E-state index < -0.39 is 0 Å². The fourth-order valence-corrected chi connectivity index (χ4v) is 2.72. The molecule has 1 unspecified atom stereocenters. The van der Waals surface area contributed by atoms with Crippen molar-refractivity contribution in [2.45, 2.75) is 48.9 Å². The summed E-state index contributed by atoms with van der Waals surface area (Å²) in [6, 6.07) is 0. The van der Waals surface area contributed by atoms with Gasteiger partial charge in [-0.05, 0) is 38.1 Å². The zero-order valence-electron chi connectivity index (χ0n) is 7.77. The lowest BCUT2D eigenvalue weighted by molar-refractivity contribution is 0.440. The van der Waals surface area contributed by atoms with E-state index in [9.17, 15) is 0 Å². The Morgan fingerprint density at radius 1 is 1.00 bits per heavy atom. The van der Waals surface area contributed by atoms with Crippen LogP contribution in [0.25, 0.3) is 0 Å². The Hall–Kier alpha value is 0.690. The molecule has 2 N–H and O–H groups in total. The largest absolute Gasteiger partial charge is 0.330 e. The number of alkyl halides is 1. The van der Waals surface area contributed by atoms with Crippen molar-refractivity contribution >= 4 is 22.6 Å². The van der Waals surface area contributed by atoms with E-state index in [1.165, 1.54) is 44.9 Å². The minimum Gasteiger partial charge on any atom is -0.330 e. The van der Waals surface area contributed by atoms with Crippen molar-refractivity contribution in [2.24, 2.45) is 11.7 Å². The van der Waals surface area contributed by atoms with Crippen molar-refractivity contribution in [3.05, 3.63) is 0 Å². The molecule has 1 fully saturated rings. The molecule has 0 amide bonds. The van der Waals surface area contributed by atoms with Crippen LogP contribution >= 0.6 is 22.6 Å². The molecule has 12 heavy (non-hydrogen) atoms. The Morgan fingerprint density at radius 2 is 1.75 bits per heavy atom. The van der Waals surface area contributed by atoms with Gasteiger partial charge in [-0.2, -0.15) is 0 Å². The predicted molar refractivity (Wildman–Crippen MR) is 62.7 cm³/mol. The summed E-state index contributed by atoms with van der Waals surface area (Å²) in [6.45, 7) is 0.906. The molecule has 0 aromatic heterocycles. The molecule has 0 aromatic carbocycles. The first-order chi connectivity index (χ1) is 5.83. The smallest absolute Gasteiger partial charge is 0.0110 e. The SMILES string of the molecule is NCC1CCCCC[C@H](I)CC1. The summed E-state index contributed by atoms with van der Waals surface area (Å²) in [4.78, 5) is 0. The van der Waals surface area contributed by atoms with E-state index in [4.69, 9.17) is 5.73 Å². The molecule has 72 valence electrons. The highest BCUT2D eigenvalue weighted by Crippen LogP contribution is 2.25. The van der Waals surface area contributed by atoms with Crippen LogP contribution in [0.3, 0.4) is 0 Å². The van der Waals surface area contributed by atoms with Gasteiger partial charge in [0.2, 0.25) is 0 Å². The number of nitrogens with two attached hydrogens (primary N) is 1. The second kappa shape index (κ2) is 6.19. The zero-order valence-corrected chi connectivity index (χ0v) is 9.92. The normalized spacial score (nSPS) is 33.5. The van der Waals surface area contributed by atoms with Crippen LogP contribution in [0, 0.1) is 5.92 Å². The first-order valence-corrected chi connectivity index (χ1v) is 6.41. The summed E-state index contributed by atoms with van der Waals surface area (Å²) in [5.41, 5.74) is 5.72. The molecule has 0 heterocycles. The van der Waals surface area contributed by atoms with Crippen molar-refractivity contribution in [2.75, 3.05) is 6.54 Å². The molecular formula is C10H20IN. The maximum Gasteiger partial charge on any atom is 0.0110 e. The van der Waals surface area contributed by atoms with Crippen molar-refractivity contribution < 1.29 is 0 Å². The standard InChI is InChI=1S/C10H20IN/c11-10-5-3-1-2-4-9(8-12)6-7-10/h9-10H,1-8,12H2/t9?,10-/m0/s1. The molecule has 2 heteroatoms. The van der Waals surface area contributed by atoms with E-state index in [-0.39, 0.29) is 0 Å². The highest BCUT2D eigenvalue weighted by Gasteiger charge is 2.12. The van der Waals surface area contributed by atoms with Gasteiger partial charge in [-0.1, -0.05) is 41.9 Å². The van der Waals surface area contributed by atoms with Crippen LogP contribution in [0.2, 0.25) is 0 Å². The topological polar surface area (TPSA) is 26.0 Å². The second-order valence-corrected chi connectivity index (χ2v) is 5.68. The van der Waals surface area contributed by atoms with Gasteiger partial charge < -0.3 is 5.73 Å². The highest BCUT2D eigenvalue weighted by atomic mass is 127. The molecule has 1 rings (SSSR count). The number of rotatable bonds is 1. The lowest BCUT2D eigenvalue weighted by atomic mass is 9.97. The Bertz CT molecular complexity index is 116. The van der Waals surface area contributed by atoms with E-state index in [0.29, 0.717) is 0 Å². The third kappa shape index (κ3) is 4.08. The van der Waals surface area contributed by atoms with E-state index >= 15 is 0 Å². The summed E-state index contributed by atoms with van der Waals surface area (Å²) in [5.74, 6) is 0.820. The summed E-state index contributed by atoms with van der Waals surface area (Å²) in [6.07, 6.45) is 9.83. The van der Waals surface area contributed by atoms with E-state index in [2.05, 4.69) is 22.6 Å². The predicted octanol–water partition coefficient (Wildman–Crippen LogP) is 3.11. The molecule has 0 spiro atoms. The minimum absolute atomic E-state index is 0.820. The second-order valence-electron chi connectivity index (χ2n) is 3.91. The van der Waals surface area contributed by atoms with Gasteiger partial charge in [0.15, 0.2) is 0 Å². The first kappa shape index (κ1) is 10.8. The van der Waals surface area contributed by atoms with Gasteiger partial charge in [0.1, 0.15) is 0 Å². The summed E-state index contributed by atoms with van der Waals surface area (Å²) in [5, 5.41) is 0. The zero-order chi connectivity index (χ0) is 8.81. The summed E-state index contributed by atoms with van der Waals surface area (Å²) in [7, 11) is 0. The maximum absolute atomic E-state index is 5.72. The van der Waals surface area contributed by atoms with E-state index in [1.807, 2.05) is 0 Å². The maximum atomic E-state index is 5.72. The van der Waals surface area contributed by atoms with Gasteiger partial charge in [-0.3, -0.25) is 0 Å². The molecule has 2 atom stereocenters. The van der Waals surface area contributed by atoms with Crippen molar-refractivity contribution in [3.8, 4) is 0 Å². The molecule has 0 aromatic rings. The summed E-state index contributed by atoms with van der Waals surface area (Å²) >= 11 is 2.60. The lowest BCUT2D eigenvalue weighted by Gasteiger charge is -2.13. The number of halogens is 1. The van der Waals surface area contributed by atoms with E-state index in [1.54, 1.807) is 0 Å². The van der Waals surface area contributed by atoms with Crippen molar-refractivity contribution in [3.63, 3.8) is 0 Å². The molecule has 1 saturated carbocycles. The van der Waals surface area contributed by atoms with Crippen LogP contribution in [0.1, 0.15) is 44.9 Å². The van der Waals surface area contributed by atoms with Crippen LogP contribution < -0.4 is 5.73 Å². The fourth-order valence-electron chi connectivity index (χ4n) is 1.92. The van der Waals surface area contributed by atoms with E-state index in [0.717, 1.165) is 16.4 Å². The number of hydrogen-bond donors (Lipinski definition) is 1. The quantitative estimate of drug-likeness (QED) is 0.580. The highest BCUT2D eigenvalue weighted by molar-refractivity contribution is 14.1. The molecule has 0 aliphatic heterocycles. The van der Waals surface area contributed by atoms with Gasteiger partial charge in [-0.15, -0.1) is 0 Å². The molecular weight excluding hydrogens is 261 g/mol. The van der Waals surface area contributed by atoms with Crippen LogP contribution in [0.5, 0.6) is 0 Å². The molecule has 1 aliphatic rings. The Morgan fingerprint density at radius 3 is 2.50 bits per heavy atom. The van der Waals surface area contributed by atoms with Crippen molar-refractivity contribution in [1.29, 1.82) is 0 Å². The third-order valence-corrected chi connectivity index (χ3v) is 4.10. The van der Waals surface area contributed by atoms with Gasteiger partial charge in [0.25, 0.3) is 0 Å². The fraction of sp³-hybridized carbons (Fsp3) is 1.00. The lowest BCUT2D eigenvalue weighted by Crippen LogP contribution is -2.15. The van der Waals surface area contributed by atoms with Gasteiger partial charge in [-0.25, -0.2) is 0 Å². The molecule has 0 bridgehead atoms. The Labute approximate surface area is 89.6 Å². The number of hydrogen-bond acceptors (Lipinski definition) is 1. The molecule has 0 saturated heterocycles. The van der Waals surface area contributed by atoms with Gasteiger partial charge in [0, 0.05) is 3.92 Å². The van der Waals surface area contributed by atoms with Gasteiger partial charge in [0.05, 0.1) is 0 Å². The van der Waals surface area contributed by atoms with Gasteiger partial charge >= 0.3 is 0 Å². The molecule has 1 aliphatic carbocycles. The Balaban J connectivity index is 2.29. The first-order valence-electron chi connectivity index (χ1n) is 5.17. The monoisotopic (exact) mass is 281 g/mol.